The number of hydrogen-bond acceptors (Lipinski definition) is 1. The molecule has 0 saturated heterocycles. The fourth-order valence-electron chi connectivity index (χ4n) is 1.53. The summed E-state index contributed by atoms with van der Waals surface area (Å²) in [4.78, 5) is 4.32. The molecule has 1 aliphatic carbocycles. The number of nitrogens with zero attached hydrogens (tertiary/aromatic N) is 1. The maximum atomic E-state index is 4.32. The predicted molar refractivity (Wildman–Crippen MR) is 42.8 cm³/mol. The van der Waals surface area contributed by atoms with Gasteiger partial charge < -0.3 is 0 Å². The molecule has 1 radical (unpaired) electrons. The highest BCUT2D eigenvalue weighted by atomic mass is 14.7. The van der Waals surface area contributed by atoms with Gasteiger partial charge in [0.05, 0.1) is 4.99 Å². The Balaban J connectivity index is 2.29. The topological polar surface area (TPSA) is 14.1 Å². The Bertz CT molecular complexity index is 197. The fourth-order valence-corrected chi connectivity index (χ4v) is 1.53. The molecule has 1 aliphatic heterocycles. The number of hydrogen-bond donors (Lipinski definition) is 0. The van der Waals surface area contributed by atoms with Crippen LogP contribution in [0.5, 0.6) is 0 Å². The van der Waals surface area contributed by atoms with Crippen LogP contribution in [0.2, 0.25) is 0 Å². The van der Waals surface area contributed by atoms with Gasteiger partial charge in [-0.25, -0.2) is 0 Å². The molecule has 1 saturated carbocycles. The molecular weight excluding hydrogens is 122 g/mol. The molecule has 0 atom stereocenters. The van der Waals surface area contributed by atoms with Gasteiger partial charge in [0.25, 0.3) is 5.71 Å². The molecule has 10 heavy (non-hydrogen) atoms. The highest BCUT2D eigenvalue weighted by Gasteiger charge is 2.21. The molecule has 0 aromatic carbocycles. The minimum absolute atomic E-state index is 1.19. The van der Waals surface area contributed by atoms with E-state index in [0.717, 1.165) is 0 Å². The van der Waals surface area contributed by atoms with E-state index in [0.29, 0.717) is 0 Å². The van der Waals surface area contributed by atoms with Crippen molar-refractivity contribution in [2.75, 3.05) is 0 Å². The van der Waals surface area contributed by atoms with Crippen LogP contribution >= 0.6 is 0 Å². The maximum Gasteiger partial charge on any atom is 0.257 e. The van der Waals surface area contributed by atoms with Crippen molar-refractivity contribution in [3.05, 3.63) is 23.9 Å². The third-order valence-corrected chi connectivity index (χ3v) is 2.09. The second kappa shape index (κ2) is 2.41. The van der Waals surface area contributed by atoms with E-state index >= 15 is 0 Å². The number of rotatable bonds is 0. The summed E-state index contributed by atoms with van der Waals surface area (Å²) >= 11 is 0. The molecule has 0 spiro atoms. The monoisotopic (exact) mass is 133 g/mol. The quantitative estimate of drug-likeness (QED) is 0.478. The lowest BCUT2D eigenvalue weighted by atomic mass is 9.92. The zero-order chi connectivity index (χ0) is 6.81. The van der Waals surface area contributed by atoms with Gasteiger partial charge in [0.15, 0.2) is 0 Å². The molecule has 1 nitrogen and oxygen atoms in total. The Morgan fingerprint density at radius 3 is 3.00 bits per heavy atom. The predicted octanol–water partition coefficient (Wildman–Crippen LogP) is 1.79. The average Bonchev–Trinajstić information content (AvgIpc) is 2.05. The van der Waals surface area contributed by atoms with Crippen molar-refractivity contribution in [3.63, 3.8) is 0 Å². The summed E-state index contributed by atoms with van der Waals surface area (Å²) in [5, 5.41) is 0. The Morgan fingerprint density at radius 2 is 2.10 bits per heavy atom. The molecule has 0 bridgehead atoms. The van der Waals surface area contributed by atoms with Gasteiger partial charge in [-0.15, -0.1) is 0 Å². The smallest absolute Gasteiger partial charge is 0.0484 e. The lowest BCUT2D eigenvalue weighted by Crippen LogP contribution is -2.14. The van der Waals surface area contributed by atoms with Crippen molar-refractivity contribution in [1.82, 2.24) is 4.99 Å². The second-order valence-corrected chi connectivity index (χ2v) is 2.82. The highest BCUT2D eigenvalue weighted by Crippen LogP contribution is 2.20. The molecule has 1 heteroatoms. The van der Waals surface area contributed by atoms with E-state index in [9.17, 15) is 0 Å². The van der Waals surface area contributed by atoms with Gasteiger partial charge in [-0.3, -0.25) is 0 Å². The summed E-state index contributed by atoms with van der Waals surface area (Å²) in [5.74, 6) is 0. The molecule has 1 heterocycles. The maximum absolute atomic E-state index is 4.32. The van der Waals surface area contributed by atoms with Crippen LogP contribution in [0.1, 0.15) is 25.7 Å². The van der Waals surface area contributed by atoms with Crippen molar-refractivity contribution < 1.29 is 0 Å². The molecule has 0 aromatic rings. The highest BCUT2D eigenvalue weighted by molar-refractivity contribution is 6.01. The zero-order valence-electron chi connectivity index (χ0n) is 6.01. The summed E-state index contributed by atoms with van der Waals surface area (Å²) in [6.07, 6.45) is 11.2. The van der Waals surface area contributed by atoms with Crippen LogP contribution in [-0.4, -0.2) is 5.71 Å². The van der Waals surface area contributed by atoms with Crippen LogP contribution in [-0.2, 0) is 0 Å². The lowest BCUT2D eigenvalue weighted by Gasteiger charge is -2.09. The number of aliphatic imine (C=N–C) groups is 1. The van der Waals surface area contributed by atoms with Crippen LogP contribution in [0.15, 0.2) is 23.9 Å². The minimum Gasteiger partial charge on any atom is -0.0484 e. The van der Waals surface area contributed by atoms with Crippen LogP contribution in [0.25, 0.3) is 0 Å². The molecule has 1 fully saturated rings. The number of allylic oxidation sites excluding steroid dienone is 3. The molecule has 0 amide bonds. The van der Waals surface area contributed by atoms with Crippen LogP contribution in [0.4, 0.5) is 0 Å². The van der Waals surface area contributed by atoms with E-state index in [1.54, 1.807) is 0 Å². The van der Waals surface area contributed by atoms with Crippen LogP contribution < -0.4 is 4.99 Å². The van der Waals surface area contributed by atoms with Crippen LogP contribution in [0.3, 0.4) is 0 Å². The summed E-state index contributed by atoms with van der Waals surface area (Å²) in [6.45, 7) is 0. The Morgan fingerprint density at radius 1 is 1.20 bits per heavy atom. The minimum atomic E-state index is 1.19. The van der Waals surface area contributed by atoms with E-state index in [2.05, 4.69) is 11.1 Å². The molecule has 0 unspecified atom stereocenters. The Labute approximate surface area is 61.2 Å². The standard InChI is InChI=1S/C9H11N/c1-2-6-9-8(4-1)5-3-7-10-9/h3,5,7H,1-2,4,6H2/q+1. The van der Waals surface area contributed by atoms with Gasteiger partial charge in [0, 0.05) is 18.1 Å². The largest absolute Gasteiger partial charge is 0.257 e. The van der Waals surface area contributed by atoms with Gasteiger partial charge in [-0.1, -0.05) is 0 Å². The van der Waals surface area contributed by atoms with Gasteiger partial charge in [0.2, 0.25) is 6.20 Å². The van der Waals surface area contributed by atoms with Crippen molar-refractivity contribution in [3.8, 4) is 0 Å². The zero-order valence-corrected chi connectivity index (χ0v) is 6.01. The average molecular weight is 133 g/mol. The first-order valence-corrected chi connectivity index (χ1v) is 3.89. The van der Waals surface area contributed by atoms with Crippen molar-refractivity contribution in [2.24, 2.45) is 0 Å². The first kappa shape index (κ1) is 5.90. The first-order valence-electron chi connectivity index (χ1n) is 3.89. The van der Waals surface area contributed by atoms with Gasteiger partial charge in [-0.2, -0.15) is 0 Å². The van der Waals surface area contributed by atoms with Crippen LogP contribution in [0, 0.1) is 0 Å². The van der Waals surface area contributed by atoms with E-state index in [1.807, 2.05) is 12.3 Å². The summed E-state index contributed by atoms with van der Waals surface area (Å²) < 4.78 is 0. The first-order chi connectivity index (χ1) is 4.97. The summed E-state index contributed by atoms with van der Waals surface area (Å²) in [6, 6.07) is 0. The van der Waals surface area contributed by atoms with Crippen molar-refractivity contribution in [1.29, 1.82) is 0 Å². The van der Waals surface area contributed by atoms with Crippen molar-refractivity contribution >= 4 is 5.71 Å². The van der Waals surface area contributed by atoms with E-state index in [4.69, 9.17) is 0 Å². The molecule has 2 aliphatic rings. The molecular formula is C9H11N+. The molecule has 0 aromatic heterocycles. The molecule has 51 valence electrons. The van der Waals surface area contributed by atoms with Gasteiger partial charge >= 0.3 is 0 Å². The number of fused-ring (bicyclic) bond motifs is 1. The van der Waals surface area contributed by atoms with E-state index < -0.39 is 0 Å². The van der Waals surface area contributed by atoms with Gasteiger partial charge in [0.1, 0.15) is 0 Å². The SMILES string of the molecule is C1=C[N+]=C2CCCCC2=C1. The lowest BCUT2D eigenvalue weighted by molar-refractivity contribution is 0.728. The third-order valence-electron chi connectivity index (χ3n) is 2.09. The van der Waals surface area contributed by atoms with Gasteiger partial charge in [-0.05, 0) is 25.3 Å². The fraction of sp³-hybridized carbons (Fsp3) is 0.444. The Kier molecular flexibility index (Phi) is 1.42. The molecule has 0 N–H and O–H groups in total. The van der Waals surface area contributed by atoms with Crippen molar-refractivity contribution in [2.45, 2.75) is 25.7 Å². The van der Waals surface area contributed by atoms with E-state index in [1.165, 1.54) is 37.0 Å². The Hall–Kier alpha value is -0.850. The second-order valence-electron chi connectivity index (χ2n) is 2.82. The molecule has 2 rings (SSSR count). The normalized spacial score (nSPS) is 23.2. The third kappa shape index (κ3) is 0.919. The summed E-state index contributed by atoms with van der Waals surface area (Å²) in [7, 11) is 0. The van der Waals surface area contributed by atoms with E-state index in [-0.39, 0.29) is 0 Å². The summed E-state index contributed by atoms with van der Waals surface area (Å²) in [5.41, 5.74) is 2.79.